The zero-order valence-corrected chi connectivity index (χ0v) is 12.1. The van der Waals surface area contributed by atoms with Crippen LogP contribution in [0.25, 0.3) is 0 Å². The molecule has 7 heteroatoms. The summed E-state index contributed by atoms with van der Waals surface area (Å²) >= 11 is 3.24. The first kappa shape index (κ1) is 15.5. The smallest absolute Gasteiger partial charge is 0.406 e. The molecule has 0 N–H and O–H groups in total. The molecule has 0 saturated carbocycles. The number of nitrogens with zero attached hydrogens (tertiary/aromatic N) is 1. The average Bonchev–Trinajstić information content (AvgIpc) is 2.40. The van der Waals surface area contributed by atoms with Gasteiger partial charge in [-0.2, -0.15) is 0 Å². The van der Waals surface area contributed by atoms with Crippen LogP contribution in [0.15, 0.2) is 47.1 Å². The fraction of sp³-hybridized carbons (Fsp3) is 0.143. The van der Waals surface area contributed by atoms with Crippen LogP contribution in [0.5, 0.6) is 5.75 Å². The summed E-state index contributed by atoms with van der Waals surface area (Å²) in [5.41, 5.74) is 0.882. The first-order chi connectivity index (χ1) is 9.83. The third-order valence-corrected chi connectivity index (χ3v) is 3.01. The Bertz CT molecular complexity index is 624. The maximum Gasteiger partial charge on any atom is 0.573 e. The van der Waals surface area contributed by atoms with Crippen molar-refractivity contribution in [2.45, 2.75) is 12.8 Å². The Morgan fingerprint density at radius 2 is 1.81 bits per heavy atom. The number of carbonyl (C=O) groups is 1. The maximum absolute atomic E-state index is 12.0. The number of benzene rings is 1. The molecule has 1 aromatic carbocycles. The number of Topliss-reactive ketones (excluding diaryl/α,β-unsaturated/α-hetero) is 1. The van der Waals surface area contributed by atoms with Crippen molar-refractivity contribution in [1.29, 1.82) is 0 Å². The Hall–Kier alpha value is -1.89. The van der Waals surface area contributed by atoms with E-state index in [1.165, 1.54) is 12.1 Å². The minimum Gasteiger partial charge on any atom is -0.406 e. The molecule has 2 aromatic rings. The van der Waals surface area contributed by atoms with Crippen LogP contribution >= 0.6 is 15.9 Å². The molecular formula is C14H9BrF3NO2. The summed E-state index contributed by atoms with van der Waals surface area (Å²) in [6.07, 6.45) is -3.09. The van der Waals surface area contributed by atoms with Gasteiger partial charge in [0.2, 0.25) is 0 Å². The molecule has 0 atom stereocenters. The van der Waals surface area contributed by atoms with Crippen LogP contribution in [-0.2, 0) is 6.42 Å². The van der Waals surface area contributed by atoms with Crippen molar-refractivity contribution >= 4 is 21.7 Å². The number of hydrogen-bond donors (Lipinski definition) is 0. The Balaban J connectivity index is 2.04. The summed E-state index contributed by atoms with van der Waals surface area (Å²) < 4.78 is 40.6. The highest BCUT2D eigenvalue weighted by molar-refractivity contribution is 9.10. The van der Waals surface area contributed by atoms with Crippen molar-refractivity contribution in [2.24, 2.45) is 0 Å². The van der Waals surface area contributed by atoms with Gasteiger partial charge in [0.1, 0.15) is 5.75 Å². The third kappa shape index (κ3) is 4.86. The maximum atomic E-state index is 12.0. The van der Waals surface area contributed by atoms with Gasteiger partial charge >= 0.3 is 6.36 Å². The normalized spacial score (nSPS) is 11.2. The fourth-order valence-electron chi connectivity index (χ4n) is 1.62. The van der Waals surface area contributed by atoms with Gasteiger partial charge in [0.15, 0.2) is 5.78 Å². The topological polar surface area (TPSA) is 39.2 Å². The highest BCUT2D eigenvalue weighted by Crippen LogP contribution is 2.23. The molecule has 1 heterocycles. The Morgan fingerprint density at radius 1 is 1.14 bits per heavy atom. The van der Waals surface area contributed by atoms with Gasteiger partial charge in [0.05, 0.1) is 6.42 Å². The minimum atomic E-state index is -4.74. The van der Waals surface area contributed by atoms with E-state index < -0.39 is 6.36 Å². The second-order valence-corrected chi connectivity index (χ2v) is 5.06. The Morgan fingerprint density at radius 3 is 2.33 bits per heavy atom. The molecule has 1 aromatic heterocycles. The zero-order chi connectivity index (χ0) is 15.5. The number of hydrogen-bond acceptors (Lipinski definition) is 3. The number of rotatable bonds is 4. The molecule has 0 spiro atoms. The van der Waals surface area contributed by atoms with Gasteiger partial charge in [-0.1, -0.05) is 0 Å². The van der Waals surface area contributed by atoms with E-state index in [9.17, 15) is 18.0 Å². The van der Waals surface area contributed by atoms with Crippen molar-refractivity contribution in [3.05, 3.63) is 58.3 Å². The van der Waals surface area contributed by atoms with Gasteiger partial charge in [-0.15, -0.1) is 13.2 Å². The summed E-state index contributed by atoms with van der Waals surface area (Å²) in [4.78, 5) is 16.0. The lowest BCUT2D eigenvalue weighted by molar-refractivity contribution is -0.274. The zero-order valence-electron chi connectivity index (χ0n) is 10.5. The largest absolute Gasteiger partial charge is 0.573 e. The molecule has 0 unspecified atom stereocenters. The van der Waals surface area contributed by atoms with Crippen LogP contribution in [0, 0.1) is 0 Å². The molecule has 0 saturated heterocycles. The molecule has 110 valence electrons. The van der Waals surface area contributed by atoms with Crippen molar-refractivity contribution in [3.63, 3.8) is 0 Å². The van der Waals surface area contributed by atoms with E-state index in [4.69, 9.17) is 0 Å². The summed E-state index contributed by atoms with van der Waals surface area (Å²) in [6.45, 7) is 0. The van der Waals surface area contributed by atoms with Crippen molar-refractivity contribution in [2.75, 3.05) is 0 Å². The van der Waals surface area contributed by atoms with Crippen LogP contribution in [0.1, 0.15) is 16.1 Å². The van der Waals surface area contributed by atoms with E-state index in [1.807, 2.05) is 0 Å². The molecule has 0 fully saturated rings. The molecule has 21 heavy (non-hydrogen) atoms. The number of aromatic nitrogens is 1. The van der Waals surface area contributed by atoms with Gasteiger partial charge in [0, 0.05) is 21.9 Å². The van der Waals surface area contributed by atoms with E-state index in [0.29, 0.717) is 11.3 Å². The summed E-state index contributed by atoms with van der Waals surface area (Å²) in [6, 6.07) is 8.26. The van der Waals surface area contributed by atoms with Crippen molar-refractivity contribution < 1.29 is 22.7 Å². The Labute approximate surface area is 126 Å². The second kappa shape index (κ2) is 6.26. The van der Waals surface area contributed by atoms with Gasteiger partial charge < -0.3 is 4.74 Å². The summed E-state index contributed by atoms with van der Waals surface area (Å²) in [5, 5.41) is 0. The van der Waals surface area contributed by atoms with E-state index >= 15 is 0 Å². The van der Waals surface area contributed by atoms with Crippen LogP contribution in [0.3, 0.4) is 0 Å². The number of pyridine rings is 1. The molecule has 2 rings (SSSR count). The van der Waals surface area contributed by atoms with Gasteiger partial charge in [-0.05, 0) is 52.3 Å². The molecule has 0 aliphatic carbocycles. The molecular weight excluding hydrogens is 351 g/mol. The predicted molar refractivity (Wildman–Crippen MR) is 73.1 cm³/mol. The van der Waals surface area contributed by atoms with Crippen molar-refractivity contribution in [3.8, 4) is 5.75 Å². The van der Waals surface area contributed by atoms with Crippen LogP contribution in [-0.4, -0.2) is 17.1 Å². The first-order valence-corrected chi connectivity index (χ1v) is 6.62. The Kier molecular flexibility index (Phi) is 4.62. The fourth-order valence-corrected chi connectivity index (χ4v) is 1.85. The lowest BCUT2D eigenvalue weighted by Gasteiger charge is -2.09. The third-order valence-electron chi connectivity index (χ3n) is 2.54. The van der Waals surface area contributed by atoms with Gasteiger partial charge in [-0.3, -0.25) is 9.78 Å². The number of ketones is 1. The lowest BCUT2D eigenvalue weighted by Crippen LogP contribution is -2.17. The monoisotopic (exact) mass is 359 g/mol. The van der Waals surface area contributed by atoms with E-state index in [1.54, 1.807) is 18.3 Å². The van der Waals surface area contributed by atoms with E-state index in [2.05, 4.69) is 25.7 Å². The van der Waals surface area contributed by atoms with E-state index in [0.717, 1.165) is 16.6 Å². The molecule has 0 aliphatic rings. The summed E-state index contributed by atoms with van der Waals surface area (Å²) in [5.74, 6) is -0.593. The number of ether oxygens (including phenoxy) is 1. The van der Waals surface area contributed by atoms with Gasteiger partial charge in [-0.25, -0.2) is 0 Å². The van der Waals surface area contributed by atoms with Crippen LogP contribution in [0.2, 0.25) is 0 Å². The van der Waals surface area contributed by atoms with Crippen LogP contribution in [0.4, 0.5) is 13.2 Å². The second-order valence-electron chi connectivity index (χ2n) is 4.14. The summed E-state index contributed by atoms with van der Waals surface area (Å²) in [7, 11) is 0. The molecule has 0 bridgehead atoms. The van der Waals surface area contributed by atoms with Gasteiger partial charge in [0.25, 0.3) is 0 Å². The quantitative estimate of drug-likeness (QED) is 0.769. The lowest BCUT2D eigenvalue weighted by atomic mass is 10.1. The number of carbonyl (C=O) groups excluding carboxylic acids is 1. The molecule has 3 nitrogen and oxygen atoms in total. The predicted octanol–water partition coefficient (Wildman–Crippen LogP) is 4.17. The molecule has 0 aliphatic heterocycles. The van der Waals surface area contributed by atoms with E-state index in [-0.39, 0.29) is 18.0 Å². The SMILES string of the molecule is O=C(Cc1ccc(Br)cn1)c1ccc(OC(F)(F)F)cc1. The number of alkyl halides is 3. The highest BCUT2D eigenvalue weighted by atomic mass is 79.9. The first-order valence-electron chi connectivity index (χ1n) is 5.83. The van der Waals surface area contributed by atoms with Crippen molar-refractivity contribution in [1.82, 2.24) is 4.98 Å². The number of halogens is 4. The standard InChI is InChI=1S/C14H9BrF3NO2/c15-10-3-4-11(19-8-10)7-13(20)9-1-5-12(6-2-9)21-14(16,17)18/h1-6,8H,7H2. The van der Waals surface area contributed by atoms with Crippen LogP contribution < -0.4 is 4.74 Å². The minimum absolute atomic E-state index is 0.0761. The highest BCUT2D eigenvalue weighted by Gasteiger charge is 2.31. The average molecular weight is 360 g/mol. The molecule has 0 amide bonds. The molecule has 0 radical (unpaired) electrons.